The average Bonchev–Trinajstić information content (AvgIpc) is 2.58. The number of halogens is 2. The molecule has 2 N–H and O–H groups in total. The highest BCUT2D eigenvalue weighted by Crippen LogP contribution is 2.34. The van der Waals surface area contributed by atoms with Crippen molar-refractivity contribution >= 4 is 48.9 Å². The third kappa shape index (κ3) is 4.18. The quantitative estimate of drug-likeness (QED) is 0.845. The molecule has 0 saturated heterocycles. The molecule has 0 bridgehead atoms. The summed E-state index contributed by atoms with van der Waals surface area (Å²) in [5.74, 6) is 0. The lowest BCUT2D eigenvalue weighted by atomic mass is 9.96. The largest absolute Gasteiger partial charge is 0.396 e. The summed E-state index contributed by atoms with van der Waals surface area (Å²) in [7, 11) is -3.56. The second-order valence-corrected chi connectivity index (χ2v) is 9.11. The summed E-state index contributed by atoms with van der Waals surface area (Å²) in [5.41, 5.74) is -0.495. The maximum Gasteiger partial charge on any atom is 0.250 e. The third-order valence-corrected chi connectivity index (χ3v) is 6.41. The van der Waals surface area contributed by atoms with Crippen molar-refractivity contribution in [2.45, 2.75) is 18.1 Å². The number of rotatable bonds is 5. The topological polar surface area (TPSA) is 66.4 Å². The zero-order valence-corrected chi connectivity index (χ0v) is 13.3. The summed E-state index contributed by atoms with van der Waals surface area (Å²) in [4.78, 5) is 0. The number of hydrogen-bond acceptors (Lipinski definition) is 4. The highest BCUT2D eigenvalue weighted by Gasteiger charge is 2.23. The van der Waals surface area contributed by atoms with Crippen LogP contribution in [0.5, 0.6) is 0 Å². The van der Waals surface area contributed by atoms with Gasteiger partial charge in [-0.05, 0) is 22.0 Å². The van der Waals surface area contributed by atoms with Gasteiger partial charge in [-0.25, -0.2) is 13.1 Å². The molecule has 0 aliphatic rings. The van der Waals surface area contributed by atoms with Crippen LogP contribution in [0.25, 0.3) is 0 Å². The molecular formula is C9H13BrClNO3S2. The van der Waals surface area contributed by atoms with Crippen molar-refractivity contribution in [2.75, 3.05) is 13.2 Å². The molecule has 0 spiro atoms. The lowest BCUT2D eigenvalue weighted by Crippen LogP contribution is -2.35. The summed E-state index contributed by atoms with van der Waals surface area (Å²) >= 11 is 10.0. The van der Waals surface area contributed by atoms with Crippen LogP contribution in [0, 0.1) is 5.41 Å². The number of hydrogen-bond donors (Lipinski definition) is 2. The van der Waals surface area contributed by atoms with Crippen molar-refractivity contribution in [3.05, 3.63) is 14.9 Å². The van der Waals surface area contributed by atoms with Crippen molar-refractivity contribution in [1.82, 2.24) is 4.72 Å². The molecule has 1 aromatic heterocycles. The van der Waals surface area contributed by atoms with Crippen LogP contribution in [0.1, 0.15) is 13.8 Å². The van der Waals surface area contributed by atoms with Crippen molar-refractivity contribution in [2.24, 2.45) is 5.41 Å². The van der Waals surface area contributed by atoms with E-state index in [2.05, 4.69) is 20.7 Å². The average molecular weight is 363 g/mol. The van der Waals surface area contributed by atoms with Gasteiger partial charge in [0, 0.05) is 18.6 Å². The number of sulfonamides is 1. The van der Waals surface area contributed by atoms with Crippen LogP contribution >= 0.6 is 38.9 Å². The van der Waals surface area contributed by atoms with Gasteiger partial charge in [0.05, 0.1) is 8.81 Å². The first kappa shape index (κ1) is 15.4. The fourth-order valence-electron chi connectivity index (χ4n) is 0.877. The van der Waals surface area contributed by atoms with E-state index in [9.17, 15) is 8.42 Å². The Bertz CT molecular complexity index is 479. The van der Waals surface area contributed by atoms with Crippen LogP contribution < -0.4 is 4.72 Å². The zero-order chi connectivity index (χ0) is 13.3. The molecule has 0 aromatic carbocycles. The van der Waals surface area contributed by atoms with E-state index >= 15 is 0 Å². The first-order valence-electron chi connectivity index (χ1n) is 4.73. The van der Waals surface area contributed by atoms with Gasteiger partial charge in [-0.15, -0.1) is 11.3 Å². The Kier molecular flexibility index (Phi) is 5.02. The monoisotopic (exact) mass is 361 g/mol. The van der Waals surface area contributed by atoms with Gasteiger partial charge in [0.25, 0.3) is 0 Å². The molecule has 0 aliphatic carbocycles. The van der Waals surface area contributed by atoms with Crippen LogP contribution in [-0.2, 0) is 10.0 Å². The first-order chi connectivity index (χ1) is 7.68. The Hall–Kier alpha value is 0.340. The molecule has 1 heterocycles. The minimum atomic E-state index is -3.56. The molecule has 1 aromatic rings. The van der Waals surface area contributed by atoms with Crippen LogP contribution in [-0.4, -0.2) is 26.7 Å². The van der Waals surface area contributed by atoms with Crippen molar-refractivity contribution < 1.29 is 13.5 Å². The summed E-state index contributed by atoms with van der Waals surface area (Å²) in [5, 5.41) is 9.42. The number of aliphatic hydroxyl groups excluding tert-OH is 1. The van der Waals surface area contributed by atoms with Crippen molar-refractivity contribution in [3.63, 3.8) is 0 Å². The van der Waals surface area contributed by atoms with Gasteiger partial charge in [0.15, 0.2) is 0 Å². The number of aliphatic hydroxyl groups is 1. The van der Waals surface area contributed by atoms with Gasteiger partial charge in [-0.3, -0.25) is 0 Å². The normalized spacial score (nSPS) is 13.0. The second-order valence-electron chi connectivity index (χ2n) is 4.33. The summed E-state index contributed by atoms with van der Waals surface area (Å²) < 4.78 is 27.0. The minimum absolute atomic E-state index is 0.0928. The predicted molar refractivity (Wildman–Crippen MR) is 73.1 cm³/mol. The van der Waals surface area contributed by atoms with Gasteiger partial charge in [-0.1, -0.05) is 25.4 Å². The molecule has 1 rings (SSSR count). The molecule has 0 radical (unpaired) electrons. The van der Waals surface area contributed by atoms with E-state index in [1.807, 2.05) is 0 Å². The Morgan fingerprint density at radius 3 is 2.59 bits per heavy atom. The van der Waals surface area contributed by atoms with Crippen LogP contribution in [0.2, 0.25) is 5.02 Å². The van der Waals surface area contributed by atoms with Crippen LogP contribution in [0.15, 0.2) is 14.1 Å². The number of thiophene rings is 1. The molecule has 0 unspecified atom stereocenters. The molecule has 98 valence electrons. The molecule has 0 atom stereocenters. The molecular weight excluding hydrogens is 350 g/mol. The predicted octanol–water partition coefficient (Wildman–Crippen LogP) is 2.46. The van der Waals surface area contributed by atoms with E-state index in [0.29, 0.717) is 8.81 Å². The molecule has 17 heavy (non-hydrogen) atoms. The van der Waals surface area contributed by atoms with E-state index in [-0.39, 0.29) is 17.4 Å². The fraction of sp³-hybridized carbons (Fsp3) is 0.556. The Morgan fingerprint density at radius 1 is 1.59 bits per heavy atom. The van der Waals surface area contributed by atoms with Gasteiger partial charge >= 0.3 is 0 Å². The molecule has 0 aliphatic heterocycles. The molecule has 0 fully saturated rings. The van der Waals surface area contributed by atoms with Crippen LogP contribution in [0.4, 0.5) is 0 Å². The highest BCUT2D eigenvalue weighted by atomic mass is 79.9. The van der Waals surface area contributed by atoms with Gasteiger partial charge in [0.1, 0.15) is 4.21 Å². The Labute approximate surface area is 118 Å². The van der Waals surface area contributed by atoms with Gasteiger partial charge < -0.3 is 5.11 Å². The Morgan fingerprint density at radius 2 is 2.18 bits per heavy atom. The van der Waals surface area contributed by atoms with E-state index in [1.54, 1.807) is 13.8 Å². The standard InChI is InChI=1S/C9H13BrClNO3S2/c1-9(2,5-13)4-12-17(14,15)7-3-6(11)8(10)16-7/h3,12-13H,4-5H2,1-2H3. The van der Waals surface area contributed by atoms with Crippen molar-refractivity contribution in [3.8, 4) is 0 Å². The van der Waals surface area contributed by atoms with E-state index in [0.717, 1.165) is 11.3 Å². The summed E-state index contributed by atoms with van der Waals surface area (Å²) in [6.45, 7) is 3.61. The van der Waals surface area contributed by atoms with E-state index in [4.69, 9.17) is 16.7 Å². The second kappa shape index (κ2) is 5.54. The smallest absolute Gasteiger partial charge is 0.250 e. The molecule has 0 saturated carbocycles. The molecule has 8 heteroatoms. The summed E-state index contributed by atoms with van der Waals surface area (Å²) in [6, 6.07) is 1.39. The minimum Gasteiger partial charge on any atom is -0.396 e. The number of nitrogens with one attached hydrogen (secondary N) is 1. The third-order valence-electron chi connectivity index (χ3n) is 2.06. The fourth-order valence-corrected chi connectivity index (χ4v) is 4.56. The highest BCUT2D eigenvalue weighted by molar-refractivity contribution is 9.11. The maximum absolute atomic E-state index is 11.9. The van der Waals surface area contributed by atoms with Crippen molar-refractivity contribution in [1.29, 1.82) is 0 Å². The summed E-state index contributed by atoms with van der Waals surface area (Å²) in [6.07, 6.45) is 0. The molecule has 4 nitrogen and oxygen atoms in total. The van der Waals surface area contributed by atoms with E-state index in [1.165, 1.54) is 6.07 Å². The van der Waals surface area contributed by atoms with Gasteiger partial charge in [0.2, 0.25) is 10.0 Å². The van der Waals surface area contributed by atoms with Crippen LogP contribution in [0.3, 0.4) is 0 Å². The lowest BCUT2D eigenvalue weighted by Gasteiger charge is -2.21. The maximum atomic E-state index is 11.9. The molecule has 0 amide bonds. The lowest BCUT2D eigenvalue weighted by molar-refractivity contribution is 0.163. The SMILES string of the molecule is CC(C)(CO)CNS(=O)(=O)c1cc(Cl)c(Br)s1. The van der Waals surface area contributed by atoms with Gasteiger partial charge in [-0.2, -0.15) is 0 Å². The van der Waals surface area contributed by atoms with E-state index < -0.39 is 15.4 Å². The first-order valence-corrected chi connectivity index (χ1v) is 8.20. The zero-order valence-electron chi connectivity index (χ0n) is 9.33. The Balaban J connectivity index is 2.83.